The topological polar surface area (TPSA) is 54.3 Å². The van der Waals surface area contributed by atoms with Gasteiger partial charge in [0.15, 0.2) is 0 Å². The largest absolute Gasteiger partial charge is 0.458 e. The molecule has 0 unspecified atom stereocenters. The normalized spacial score (nSPS) is 14.5. The minimum atomic E-state index is -0.575. The van der Waals surface area contributed by atoms with Gasteiger partial charge in [-0.2, -0.15) is 0 Å². The van der Waals surface area contributed by atoms with Crippen molar-refractivity contribution in [3.63, 3.8) is 0 Å². The molecule has 0 radical (unpaired) electrons. The van der Waals surface area contributed by atoms with Crippen molar-refractivity contribution in [2.24, 2.45) is 0 Å². The van der Waals surface area contributed by atoms with E-state index in [-0.39, 0.29) is 40.1 Å². The monoisotopic (exact) mass is 938 g/mol. The summed E-state index contributed by atoms with van der Waals surface area (Å²) in [7, 11) is 0. The summed E-state index contributed by atoms with van der Waals surface area (Å²) in [5.41, 5.74) is 7.60. The number of imidazole rings is 1. The maximum Gasteiger partial charge on any atom is 0.269 e. The Labute approximate surface area is 431 Å². The lowest BCUT2D eigenvalue weighted by molar-refractivity contribution is -0.571. The van der Waals surface area contributed by atoms with Gasteiger partial charge >= 0.3 is 0 Å². The van der Waals surface area contributed by atoms with Crippen molar-refractivity contribution in [2.75, 3.05) is 0 Å². The standard InChI is InChI=1S/C64H45BN4O3/c1-64(2,3)43-34-35-66-59(36-43)69-54-38-46(32-33-49(54)60-55(69)39-58-61-63(60)72-57-31-15-11-27-51(57)65(61)50-26-10-14-30-56(50)71-58)70-45-23-16-22-44(37-45)67-40-68(53-29-13-12-28-52(53)67)62-47(41-18-6-4-7-19-41)24-17-25-48(62)42-20-8-5-9-21-42/h4-39H,1-3H3/i4D,5D,6D,7D,8D,9D,18D,19D,20D,21D. The first-order chi connectivity index (χ1) is 39.5. The second kappa shape index (κ2) is 16.2. The summed E-state index contributed by atoms with van der Waals surface area (Å²) >= 11 is 0. The molecule has 5 heterocycles. The molecule has 0 N–H and O–H groups in total. The average molecular weight is 939 g/mol. The van der Waals surface area contributed by atoms with Gasteiger partial charge < -0.3 is 14.2 Å². The fraction of sp³-hybridized carbons (Fsp3) is 0.0625. The lowest BCUT2D eigenvalue weighted by atomic mass is 9.35. The van der Waals surface area contributed by atoms with Crippen LogP contribution in [0.15, 0.2) is 218 Å². The van der Waals surface area contributed by atoms with Crippen LogP contribution < -0.4 is 35.2 Å². The van der Waals surface area contributed by atoms with Crippen LogP contribution in [0.3, 0.4) is 0 Å². The fourth-order valence-corrected chi connectivity index (χ4v) is 10.4. The van der Waals surface area contributed by atoms with E-state index < -0.39 is 60.4 Å². The van der Waals surface area contributed by atoms with Gasteiger partial charge in [0.2, 0.25) is 0 Å². The van der Waals surface area contributed by atoms with Crippen molar-refractivity contribution in [3.8, 4) is 73.9 Å². The lowest BCUT2D eigenvalue weighted by Crippen LogP contribution is -2.57. The van der Waals surface area contributed by atoms with E-state index in [2.05, 4.69) is 62.0 Å². The molecule has 0 saturated heterocycles. The Morgan fingerprint density at radius 2 is 1.28 bits per heavy atom. The molecule has 14 rings (SSSR count). The smallest absolute Gasteiger partial charge is 0.269 e. The van der Waals surface area contributed by atoms with Crippen molar-refractivity contribution < 1.29 is 32.5 Å². The zero-order valence-electron chi connectivity index (χ0n) is 49.1. The van der Waals surface area contributed by atoms with E-state index in [9.17, 15) is 0 Å². The van der Waals surface area contributed by atoms with E-state index in [1.807, 2.05) is 109 Å². The Hall–Kier alpha value is -9.14. The van der Waals surface area contributed by atoms with Crippen LogP contribution in [0.5, 0.6) is 34.5 Å². The number of ether oxygens (including phenoxy) is 3. The summed E-state index contributed by atoms with van der Waals surface area (Å²) in [5.74, 6) is 4.67. The number of benzene rings is 9. The SMILES string of the molecule is [2H]c1c([2H])c([2H])c(-c2cccc(-c3c([2H])c([2H])c([2H])c([2H])c3[2H])c2-[n+]2[c-]n(-c3cccc(Oc4ccc5c6c7c8c(cc6n(-c6cc(C(C)(C)C)ccn6)c5c4)Oc4ccccc4B8c4ccccc4O7)c3)c3ccccc32)c([2H])c1[2H]. The molecular weight excluding hydrogens is 884 g/mol. The molecule has 7 nitrogen and oxygen atoms in total. The molecule has 0 amide bonds. The van der Waals surface area contributed by atoms with Crippen molar-refractivity contribution in [2.45, 2.75) is 26.2 Å². The third kappa shape index (κ3) is 6.67. The minimum absolute atomic E-state index is 0.133. The molecule has 0 aliphatic carbocycles. The van der Waals surface area contributed by atoms with E-state index in [0.717, 1.165) is 55.3 Å². The van der Waals surface area contributed by atoms with Crippen LogP contribution in [0.4, 0.5) is 0 Å². The quantitative estimate of drug-likeness (QED) is 0.0908. The van der Waals surface area contributed by atoms with Crippen LogP contribution in [0, 0.1) is 6.33 Å². The van der Waals surface area contributed by atoms with Gasteiger partial charge in [0.1, 0.15) is 40.3 Å². The predicted molar refractivity (Wildman–Crippen MR) is 290 cm³/mol. The molecule has 9 aromatic carbocycles. The molecule has 0 atom stereocenters. The minimum Gasteiger partial charge on any atom is -0.458 e. The van der Waals surface area contributed by atoms with Crippen LogP contribution in [-0.2, 0) is 5.41 Å². The van der Waals surface area contributed by atoms with Crippen molar-refractivity contribution in [1.82, 2.24) is 14.1 Å². The molecule has 3 aromatic heterocycles. The van der Waals surface area contributed by atoms with E-state index in [1.54, 1.807) is 27.3 Å². The highest BCUT2D eigenvalue weighted by Crippen LogP contribution is 2.46. The number of rotatable bonds is 7. The Morgan fingerprint density at radius 1 is 0.611 bits per heavy atom. The van der Waals surface area contributed by atoms with Gasteiger partial charge in [-0.15, -0.1) is 0 Å². The molecule has 0 fully saturated rings. The summed E-state index contributed by atoms with van der Waals surface area (Å²) in [6, 6.07) is 42.9. The Bertz CT molecular complexity index is 4610. The first kappa shape index (κ1) is 32.6. The molecule has 342 valence electrons. The number of pyridine rings is 1. The lowest BCUT2D eigenvalue weighted by Gasteiger charge is -2.33. The van der Waals surface area contributed by atoms with Gasteiger partial charge in [-0.25, -0.2) is 4.98 Å². The summed E-state index contributed by atoms with van der Waals surface area (Å²) < 4.78 is 114. The van der Waals surface area contributed by atoms with Gasteiger partial charge in [-0.3, -0.25) is 13.7 Å². The summed E-state index contributed by atoms with van der Waals surface area (Å²) in [6.45, 7) is 6.39. The van der Waals surface area contributed by atoms with Crippen molar-refractivity contribution >= 4 is 55.9 Å². The van der Waals surface area contributed by atoms with Crippen LogP contribution in [-0.4, -0.2) is 20.8 Å². The molecule has 2 aliphatic heterocycles. The van der Waals surface area contributed by atoms with Crippen molar-refractivity contribution in [3.05, 3.63) is 230 Å². The maximum atomic E-state index is 9.09. The zero-order valence-corrected chi connectivity index (χ0v) is 39.1. The average Bonchev–Trinajstić information content (AvgIpc) is 1.65. The molecule has 2 aliphatic rings. The maximum absolute atomic E-state index is 9.09. The second-order valence-electron chi connectivity index (χ2n) is 19.0. The number of nitrogens with zero attached hydrogens (tertiary/aromatic N) is 4. The zero-order chi connectivity index (χ0) is 56.8. The molecule has 0 saturated carbocycles. The third-order valence-electron chi connectivity index (χ3n) is 13.7. The van der Waals surface area contributed by atoms with Crippen LogP contribution in [0.2, 0.25) is 0 Å². The molecule has 72 heavy (non-hydrogen) atoms. The molecule has 8 heteroatoms. The van der Waals surface area contributed by atoms with Crippen LogP contribution in [0.1, 0.15) is 40.0 Å². The van der Waals surface area contributed by atoms with Crippen LogP contribution in [0.25, 0.3) is 72.3 Å². The van der Waals surface area contributed by atoms with Gasteiger partial charge in [0.25, 0.3) is 13.0 Å². The molecule has 0 bridgehead atoms. The number of fused-ring (bicyclic) bond motifs is 9. The fourth-order valence-electron chi connectivity index (χ4n) is 10.4. The number of para-hydroxylation sites is 5. The Morgan fingerprint density at radius 3 is 2.01 bits per heavy atom. The summed E-state index contributed by atoms with van der Waals surface area (Å²) in [5, 5.41) is 1.82. The van der Waals surface area contributed by atoms with Gasteiger partial charge in [0, 0.05) is 29.2 Å². The van der Waals surface area contributed by atoms with E-state index >= 15 is 0 Å². The highest BCUT2D eigenvalue weighted by Gasteiger charge is 2.42. The second-order valence-corrected chi connectivity index (χ2v) is 19.0. The van der Waals surface area contributed by atoms with Gasteiger partial charge in [-0.05, 0) is 98.8 Å². The van der Waals surface area contributed by atoms with Crippen molar-refractivity contribution in [1.29, 1.82) is 0 Å². The number of hydrogen-bond donors (Lipinski definition) is 0. The van der Waals surface area contributed by atoms with Crippen LogP contribution >= 0.6 is 0 Å². The molecule has 12 aromatic rings. The highest BCUT2D eigenvalue weighted by molar-refractivity contribution is 6.98. The van der Waals surface area contributed by atoms with E-state index in [4.69, 9.17) is 32.9 Å². The predicted octanol–water partition coefficient (Wildman–Crippen LogP) is 13.4. The number of hydrogen-bond acceptors (Lipinski definition) is 4. The van der Waals surface area contributed by atoms with Gasteiger partial charge in [0.05, 0.1) is 52.5 Å². The van der Waals surface area contributed by atoms with E-state index in [0.29, 0.717) is 45.5 Å². The molecule has 0 spiro atoms. The Kier molecular flexibility index (Phi) is 7.35. The summed E-state index contributed by atoms with van der Waals surface area (Å²) in [6.07, 6.45) is 5.31. The van der Waals surface area contributed by atoms with Gasteiger partial charge in [-0.1, -0.05) is 166 Å². The van der Waals surface area contributed by atoms with E-state index in [1.165, 1.54) is 0 Å². The Balaban J connectivity index is 0.940. The molecular formula is C64H45BN4O3. The first-order valence-corrected chi connectivity index (χ1v) is 23.6. The third-order valence-corrected chi connectivity index (χ3v) is 13.7. The number of aromatic nitrogens is 4. The highest BCUT2D eigenvalue weighted by atomic mass is 16.5. The summed E-state index contributed by atoms with van der Waals surface area (Å²) in [4.78, 5) is 5.00. The first-order valence-electron chi connectivity index (χ1n) is 28.6.